The number of aryl methyl sites for hydroxylation is 1. The van der Waals surface area contributed by atoms with Crippen molar-refractivity contribution in [2.45, 2.75) is 32.7 Å². The van der Waals surface area contributed by atoms with Gasteiger partial charge in [0.15, 0.2) is 0 Å². The summed E-state index contributed by atoms with van der Waals surface area (Å²) in [6.07, 6.45) is 0.757. The summed E-state index contributed by atoms with van der Waals surface area (Å²) < 4.78 is 5.38. The molecular weight excluding hydrogens is 392 g/mol. The van der Waals surface area contributed by atoms with E-state index in [2.05, 4.69) is 13.8 Å². The number of methoxy groups -OCH3 is 1. The third-order valence-corrected chi connectivity index (χ3v) is 7.09. The molecule has 1 saturated carbocycles. The normalized spacial score (nSPS) is 23.5. The molecule has 5 nitrogen and oxygen atoms in total. The summed E-state index contributed by atoms with van der Waals surface area (Å²) in [6, 6.07) is 7.70. The Bertz CT molecular complexity index is 1010. The molecular formula is C21H23ClN4OS. The van der Waals surface area contributed by atoms with E-state index < -0.39 is 5.54 Å². The maximum atomic E-state index is 9.00. The molecule has 1 aromatic carbocycles. The lowest BCUT2D eigenvalue weighted by Crippen LogP contribution is -2.42. The number of aliphatic imine (C=N–C) groups is 1. The Morgan fingerprint density at radius 3 is 2.64 bits per heavy atom. The van der Waals surface area contributed by atoms with E-state index >= 15 is 0 Å². The second-order valence-corrected chi connectivity index (χ2v) is 9.12. The van der Waals surface area contributed by atoms with Gasteiger partial charge in [-0.3, -0.25) is 20.7 Å². The first kappa shape index (κ1) is 19.3. The van der Waals surface area contributed by atoms with E-state index in [1.165, 1.54) is 4.88 Å². The minimum absolute atomic E-state index is 0.143. The Hall–Kier alpha value is -2.02. The summed E-state index contributed by atoms with van der Waals surface area (Å²) >= 11 is 7.74. The van der Waals surface area contributed by atoms with Gasteiger partial charge in [0, 0.05) is 34.1 Å². The highest BCUT2D eigenvalue weighted by Gasteiger charge is 2.61. The first-order valence-corrected chi connectivity index (χ1v) is 10.4. The van der Waals surface area contributed by atoms with Crippen molar-refractivity contribution in [3.05, 3.63) is 50.9 Å². The van der Waals surface area contributed by atoms with Gasteiger partial charge in [-0.15, -0.1) is 11.3 Å². The van der Waals surface area contributed by atoms with Crippen molar-refractivity contribution in [3.8, 4) is 0 Å². The summed E-state index contributed by atoms with van der Waals surface area (Å²) in [7, 11) is 1.68. The van der Waals surface area contributed by atoms with Gasteiger partial charge in [0.25, 0.3) is 0 Å². The van der Waals surface area contributed by atoms with E-state index in [0.29, 0.717) is 23.3 Å². The van der Waals surface area contributed by atoms with Crippen molar-refractivity contribution in [2.75, 3.05) is 18.6 Å². The molecule has 0 saturated heterocycles. The number of rotatable bonds is 3. The summed E-state index contributed by atoms with van der Waals surface area (Å²) in [5.41, 5.74) is 3.37. The average Bonchev–Trinajstić information content (AvgIpc) is 3.28. The molecule has 146 valence electrons. The van der Waals surface area contributed by atoms with Crippen molar-refractivity contribution >= 4 is 45.3 Å². The molecule has 4 rings (SSSR count). The van der Waals surface area contributed by atoms with Gasteiger partial charge in [0.2, 0.25) is 0 Å². The number of ether oxygens (including phenoxy) is 1. The number of anilines is 1. The maximum absolute atomic E-state index is 9.00. The highest BCUT2D eigenvalue weighted by atomic mass is 35.5. The van der Waals surface area contributed by atoms with E-state index in [0.717, 1.165) is 33.8 Å². The van der Waals surface area contributed by atoms with Gasteiger partial charge < -0.3 is 4.74 Å². The number of thiophene rings is 1. The van der Waals surface area contributed by atoms with Crippen LogP contribution in [0, 0.1) is 30.6 Å². The lowest BCUT2D eigenvalue weighted by molar-refractivity contribution is 0.182. The zero-order chi connectivity index (χ0) is 20.2. The molecule has 7 heteroatoms. The number of benzene rings is 1. The molecule has 1 fully saturated rings. The number of halogens is 1. The van der Waals surface area contributed by atoms with Crippen molar-refractivity contribution < 1.29 is 4.74 Å². The zero-order valence-electron chi connectivity index (χ0n) is 16.4. The van der Waals surface area contributed by atoms with Crippen LogP contribution in [0.15, 0.2) is 29.3 Å². The van der Waals surface area contributed by atoms with Crippen LogP contribution in [0.1, 0.15) is 34.9 Å². The molecule has 1 unspecified atom stereocenters. The van der Waals surface area contributed by atoms with Crippen molar-refractivity contribution in [1.29, 1.82) is 10.8 Å². The molecule has 2 aromatic rings. The monoisotopic (exact) mass is 414 g/mol. The van der Waals surface area contributed by atoms with Gasteiger partial charge in [-0.25, -0.2) is 0 Å². The van der Waals surface area contributed by atoms with Crippen LogP contribution in [0.5, 0.6) is 0 Å². The van der Waals surface area contributed by atoms with Gasteiger partial charge in [-0.1, -0.05) is 23.7 Å². The first-order chi connectivity index (χ1) is 13.3. The number of hydrogen-bond acceptors (Lipinski definition) is 5. The van der Waals surface area contributed by atoms with Crippen LogP contribution in [-0.4, -0.2) is 36.6 Å². The van der Waals surface area contributed by atoms with Crippen molar-refractivity contribution in [2.24, 2.45) is 10.9 Å². The lowest BCUT2D eigenvalue weighted by Gasteiger charge is -2.25. The smallest absolute Gasteiger partial charge is 0.135 e. The SMILES string of the molecule is COCC1C[C@]12N=C(c1ccc(Cl)cc1)c1c(sc(C)c1C)N(C(C)=N)C2=N. The summed E-state index contributed by atoms with van der Waals surface area (Å²) in [4.78, 5) is 8.12. The Balaban J connectivity index is 1.99. The Morgan fingerprint density at radius 2 is 2.04 bits per heavy atom. The molecule has 0 amide bonds. The van der Waals surface area contributed by atoms with Gasteiger partial charge >= 0.3 is 0 Å². The quantitative estimate of drug-likeness (QED) is 0.544. The average molecular weight is 415 g/mol. The van der Waals surface area contributed by atoms with E-state index in [1.54, 1.807) is 30.3 Å². The second kappa shape index (κ2) is 6.79. The van der Waals surface area contributed by atoms with Crippen molar-refractivity contribution in [3.63, 3.8) is 0 Å². The minimum Gasteiger partial charge on any atom is -0.384 e. The van der Waals surface area contributed by atoms with Gasteiger partial charge in [0.1, 0.15) is 22.2 Å². The fraction of sp³-hybridized carbons (Fsp3) is 0.381. The Morgan fingerprint density at radius 1 is 1.36 bits per heavy atom. The van der Waals surface area contributed by atoms with Gasteiger partial charge in [-0.05, 0) is 44.9 Å². The van der Waals surface area contributed by atoms with E-state index in [9.17, 15) is 0 Å². The van der Waals surface area contributed by atoms with E-state index in [1.807, 2.05) is 24.3 Å². The molecule has 2 aliphatic rings. The fourth-order valence-electron chi connectivity index (χ4n) is 3.93. The van der Waals surface area contributed by atoms with Crippen LogP contribution in [-0.2, 0) is 4.74 Å². The molecule has 0 radical (unpaired) electrons. The zero-order valence-corrected chi connectivity index (χ0v) is 18.0. The molecule has 1 aromatic heterocycles. The van der Waals surface area contributed by atoms with Crippen molar-refractivity contribution in [1.82, 2.24) is 0 Å². The fourth-order valence-corrected chi connectivity index (χ4v) is 5.27. The number of nitrogens with zero attached hydrogens (tertiary/aromatic N) is 2. The molecule has 1 aliphatic carbocycles. The molecule has 0 bridgehead atoms. The number of amidine groups is 2. The van der Waals surface area contributed by atoms with Crippen LogP contribution in [0.3, 0.4) is 0 Å². The van der Waals surface area contributed by atoms with E-state index in [-0.39, 0.29) is 5.92 Å². The summed E-state index contributed by atoms with van der Waals surface area (Å²) in [5.74, 6) is 0.848. The number of nitrogens with one attached hydrogen (secondary N) is 2. The lowest BCUT2D eigenvalue weighted by atomic mass is 9.99. The van der Waals surface area contributed by atoms with Gasteiger partial charge in [0.05, 0.1) is 12.3 Å². The molecule has 28 heavy (non-hydrogen) atoms. The topological polar surface area (TPSA) is 72.5 Å². The predicted octanol–water partition coefficient (Wildman–Crippen LogP) is 5.06. The summed E-state index contributed by atoms with van der Waals surface area (Å²) in [5, 5.41) is 19.0. The Kier molecular flexibility index (Phi) is 4.68. The molecule has 2 N–H and O–H groups in total. The van der Waals surface area contributed by atoms with Crippen LogP contribution in [0.2, 0.25) is 5.02 Å². The largest absolute Gasteiger partial charge is 0.384 e. The predicted molar refractivity (Wildman–Crippen MR) is 117 cm³/mol. The van der Waals surface area contributed by atoms with Crippen LogP contribution < -0.4 is 4.90 Å². The second-order valence-electron chi connectivity index (χ2n) is 7.48. The minimum atomic E-state index is -0.646. The molecule has 1 spiro atoms. The Labute approximate surface area is 174 Å². The maximum Gasteiger partial charge on any atom is 0.135 e. The van der Waals surface area contributed by atoms with E-state index in [4.69, 9.17) is 32.1 Å². The van der Waals surface area contributed by atoms with Crippen LogP contribution >= 0.6 is 22.9 Å². The molecule has 2 atom stereocenters. The first-order valence-electron chi connectivity index (χ1n) is 9.19. The standard InChI is InChI=1S/C21H23ClN4OS/c1-11-12(2)28-19-17(11)18(14-5-7-16(22)8-6-14)25-21(9-15(21)10-27-4)20(24)26(19)13(3)23/h5-8,15,23-24H,9-10H2,1-4H3/t15?,21-/m0/s1. The number of hydrogen-bond donors (Lipinski definition) is 2. The van der Waals surface area contributed by atoms with Gasteiger partial charge in [-0.2, -0.15) is 0 Å². The highest BCUT2D eigenvalue weighted by Crippen LogP contribution is 2.53. The molecule has 2 heterocycles. The highest BCUT2D eigenvalue weighted by molar-refractivity contribution is 7.17. The van der Waals surface area contributed by atoms with Crippen LogP contribution in [0.25, 0.3) is 0 Å². The van der Waals surface area contributed by atoms with Crippen LogP contribution in [0.4, 0.5) is 5.00 Å². The number of fused-ring (bicyclic) bond motifs is 1. The molecule has 1 aliphatic heterocycles. The third-order valence-electron chi connectivity index (χ3n) is 5.65. The summed E-state index contributed by atoms with van der Waals surface area (Å²) in [6.45, 7) is 6.46. The third kappa shape index (κ3) is 2.82.